The van der Waals surface area contributed by atoms with Crippen LogP contribution in [0.5, 0.6) is 0 Å². The van der Waals surface area contributed by atoms with Crippen LogP contribution in [0.25, 0.3) is 0 Å². The van der Waals surface area contributed by atoms with Gasteiger partial charge in [-0.2, -0.15) is 0 Å². The van der Waals surface area contributed by atoms with Crippen LogP contribution in [0.3, 0.4) is 0 Å². The molecular formula is C14H20BrNO2S. The molecule has 0 aromatic heterocycles. The highest BCUT2D eigenvalue weighted by atomic mass is 79.9. The molecule has 1 fully saturated rings. The van der Waals surface area contributed by atoms with E-state index in [0.717, 1.165) is 24.0 Å². The Bertz CT molecular complexity index is 565. The van der Waals surface area contributed by atoms with Crippen LogP contribution in [0.1, 0.15) is 24.0 Å². The van der Waals surface area contributed by atoms with Crippen LogP contribution < -0.4 is 0 Å². The number of aryl methyl sites for hydroxylation is 2. The summed E-state index contributed by atoms with van der Waals surface area (Å²) in [5.41, 5.74) is 1.78. The van der Waals surface area contributed by atoms with E-state index in [1.54, 1.807) is 13.1 Å². The fourth-order valence-electron chi connectivity index (χ4n) is 2.42. The minimum absolute atomic E-state index is 0.435. The molecule has 0 heterocycles. The fourth-order valence-corrected chi connectivity index (χ4v) is 5.03. The third-order valence-electron chi connectivity index (χ3n) is 3.73. The smallest absolute Gasteiger partial charge is 0.207 e. The summed E-state index contributed by atoms with van der Waals surface area (Å²) in [7, 11) is -1.68. The molecule has 1 aromatic carbocycles. The standard InChI is InChI=1S/C14H20BrNO2S/c1-10-4-5-11(2)14(6-10)19(17,18)16(3)9-12-7-13(15)8-12/h4-6,12-13H,7-9H2,1-3H3. The Kier molecular flexibility index (Phi) is 4.38. The number of alkyl halides is 1. The molecule has 0 radical (unpaired) electrons. The summed E-state index contributed by atoms with van der Waals surface area (Å²) < 4.78 is 26.7. The average molecular weight is 346 g/mol. The Morgan fingerprint density at radius 1 is 1.32 bits per heavy atom. The van der Waals surface area contributed by atoms with Crippen molar-refractivity contribution in [3.8, 4) is 0 Å². The largest absolute Gasteiger partial charge is 0.243 e. The van der Waals surface area contributed by atoms with Gasteiger partial charge in [0, 0.05) is 18.4 Å². The van der Waals surface area contributed by atoms with Gasteiger partial charge in [0.05, 0.1) is 4.90 Å². The van der Waals surface area contributed by atoms with Crippen molar-refractivity contribution in [2.45, 2.75) is 36.4 Å². The van der Waals surface area contributed by atoms with E-state index in [-0.39, 0.29) is 0 Å². The molecule has 1 aliphatic rings. The van der Waals surface area contributed by atoms with Gasteiger partial charge in [-0.25, -0.2) is 12.7 Å². The van der Waals surface area contributed by atoms with Crippen LogP contribution in [0.15, 0.2) is 23.1 Å². The van der Waals surface area contributed by atoms with E-state index in [1.165, 1.54) is 4.31 Å². The van der Waals surface area contributed by atoms with Gasteiger partial charge in [-0.15, -0.1) is 0 Å². The number of halogens is 1. The monoisotopic (exact) mass is 345 g/mol. The van der Waals surface area contributed by atoms with Gasteiger partial charge in [-0.3, -0.25) is 0 Å². The van der Waals surface area contributed by atoms with Gasteiger partial charge in [0.25, 0.3) is 0 Å². The Hall–Kier alpha value is -0.390. The number of sulfonamides is 1. The zero-order chi connectivity index (χ0) is 14.2. The molecule has 0 spiro atoms. The Balaban J connectivity index is 2.19. The quantitative estimate of drug-likeness (QED) is 0.786. The van der Waals surface area contributed by atoms with E-state index in [9.17, 15) is 8.42 Å². The van der Waals surface area contributed by atoms with Crippen molar-refractivity contribution in [1.29, 1.82) is 0 Å². The molecule has 1 aliphatic carbocycles. The van der Waals surface area contributed by atoms with Crippen molar-refractivity contribution < 1.29 is 8.42 Å². The lowest BCUT2D eigenvalue weighted by atomic mass is 9.85. The molecule has 106 valence electrons. The second-order valence-corrected chi connectivity index (χ2v) is 8.80. The lowest BCUT2D eigenvalue weighted by molar-refractivity contribution is 0.275. The van der Waals surface area contributed by atoms with Crippen molar-refractivity contribution in [2.75, 3.05) is 13.6 Å². The normalized spacial score (nSPS) is 23.4. The lowest BCUT2D eigenvalue weighted by Gasteiger charge is -2.34. The summed E-state index contributed by atoms with van der Waals surface area (Å²) in [5, 5.41) is 0. The summed E-state index contributed by atoms with van der Waals surface area (Å²) in [6.07, 6.45) is 2.12. The second kappa shape index (κ2) is 5.54. The fraction of sp³-hybridized carbons (Fsp3) is 0.571. The number of hydrogen-bond donors (Lipinski definition) is 0. The molecule has 0 N–H and O–H groups in total. The molecule has 2 rings (SSSR count). The third kappa shape index (κ3) is 3.20. The minimum atomic E-state index is -3.36. The van der Waals surface area contributed by atoms with Gasteiger partial charge in [0.2, 0.25) is 10.0 Å². The first kappa shape index (κ1) is 15.0. The molecule has 0 saturated heterocycles. The zero-order valence-electron chi connectivity index (χ0n) is 11.6. The van der Waals surface area contributed by atoms with Gasteiger partial charge in [0.15, 0.2) is 0 Å². The maximum Gasteiger partial charge on any atom is 0.243 e. The van der Waals surface area contributed by atoms with Crippen molar-refractivity contribution in [2.24, 2.45) is 5.92 Å². The summed E-state index contributed by atoms with van der Waals surface area (Å²) in [5.74, 6) is 0.481. The number of nitrogens with zero attached hydrogens (tertiary/aromatic N) is 1. The first-order valence-electron chi connectivity index (χ1n) is 6.48. The number of rotatable bonds is 4. The van der Waals surface area contributed by atoms with Gasteiger partial charge >= 0.3 is 0 Å². The van der Waals surface area contributed by atoms with Crippen LogP contribution in [0.4, 0.5) is 0 Å². The van der Waals surface area contributed by atoms with Crippen LogP contribution in [-0.4, -0.2) is 31.1 Å². The maximum atomic E-state index is 12.6. The Morgan fingerprint density at radius 2 is 1.95 bits per heavy atom. The van der Waals surface area contributed by atoms with Crippen molar-refractivity contribution in [3.05, 3.63) is 29.3 Å². The molecule has 0 aliphatic heterocycles. The molecule has 3 nitrogen and oxygen atoms in total. The van der Waals surface area contributed by atoms with E-state index in [0.29, 0.717) is 22.2 Å². The van der Waals surface area contributed by atoms with E-state index in [2.05, 4.69) is 15.9 Å². The SMILES string of the molecule is Cc1ccc(C)c(S(=O)(=O)N(C)CC2CC(Br)C2)c1. The van der Waals surface area contributed by atoms with Crippen molar-refractivity contribution in [3.63, 3.8) is 0 Å². The van der Waals surface area contributed by atoms with Crippen LogP contribution >= 0.6 is 15.9 Å². The molecule has 5 heteroatoms. The zero-order valence-corrected chi connectivity index (χ0v) is 14.0. The summed E-state index contributed by atoms with van der Waals surface area (Å²) in [6, 6.07) is 5.57. The van der Waals surface area contributed by atoms with Crippen molar-refractivity contribution in [1.82, 2.24) is 4.31 Å². The van der Waals surface area contributed by atoms with Crippen LogP contribution in [-0.2, 0) is 10.0 Å². The lowest BCUT2D eigenvalue weighted by Crippen LogP contribution is -2.38. The molecular weight excluding hydrogens is 326 g/mol. The van der Waals surface area contributed by atoms with Crippen molar-refractivity contribution >= 4 is 26.0 Å². The van der Waals surface area contributed by atoms with E-state index < -0.39 is 10.0 Å². The first-order valence-corrected chi connectivity index (χ1v) is 8.84. The molecule has 0 atom stereocenters. The van der Waals surface area contributed by atoms with E-state index in [4.69, 9.17) is 0 Å². The van der Waals surface area contributed by atoms with Gasteiger partial charge in [-0.05, 0) is 49.8 Å². The number of benzene rings is 1. The Labute approximate surface area is 124 Å². The first-order chi connectivity index (χ1) is 8.80. The Morgan fingerprint density at radius 3 is 2.53 bits per heavy atom. The molecule has 0 amide bonds. The summed E-state index contributed by atoms with van der Waals surface area (Å²) in [6.45, 7) is 4.37. The molecule has 0 bridgehead atoms. The molecule has 19 heavy (non-hydrogen) atoms. The van der Waals surface area contributed by atoms with E-state index in [1.807, 2.05) is 26.0 Å². The molecule has 1 saturated carbocycles. The highest BCUT2D eigenvalue weighted by Crippen LogP contribution is 2.34. The molecule has 1 aromatic rings. The highest BCUT2D eigenvalue weighted by Gasteiger charge is 2.31. The molecule has 0 unspecified atom stereocenters. The van der Waals surface area contributed by atoms with Crippen LogP contribution in [0.2, 0.25) is 0 Å². The topological polar surface area (TPSA) is 37.4 Å². The number of hydrogen-bond acceptors (Lipinski definition) is 2. The van der Waals surface area contributed by atoms with Gasteiger partial charge in [0.1, 0.15) is 0 Å². The van der Waals surface area contributed by atoms with Gasteiger partial charge < -0.3 is 0 Å². The highest BCUT2D eigenvalue weighted by molar-refractivity contribution is 9.09. The minimum Gasteiger partial charge on any atom is -0.207 e. The second-order valence-electron chi connectivity index (χ2n) is 5.49. The average Bonchev–Trinajstić information content (AvgIpc) is 2.30. The maximum absolute atomic E-state index is 12.6. The van der Waals surface area contributed by atoms with E-state index >= 15 is 0 Å². The predicted molar refractivity (Wildman–Crippen MR) is 81.2 cm³/mol. The van der Waals surface area contributed by atoms with Gasteiger partial charge in [-0.1, -0.05) is 28.1 Å². The summed E-state index contributed by atoms with van der Waals surface area (Å²) >= 11 is 3.54. The predicted octanol–water partition coefficient (Wildman–Crippen LogP) is 3.10. The summed E-state index contributed by atoms with van der Waals surface area (Å²) in [4.78, 5) is 0.999. The van der Waals surface area contributed by atoms with Crippen LogP contribution in [0, 0.1) is 19.8 Å². The third-order valence-corrected chi connectivity index (χ3v) is 6.44.